The number of hydrogen-bond donors (Lipinski definition) is 2. The molecule has 1 unspecified atom stereocenters. The van der Waals surface area contributed by atoms with Gasteiger partial charge in [-0.2, -0.15) is 0 Å². The highest BCUT2D eigenvalue weighted by Crippen LogP contribution is 2.14. The molecule has 2 amide bonds. The molecule has 0 saturated carbocycles. The van der Waals surface area contributed by atoms with Crippen LogP contribution in [0, 0.1) is 0 Å². The van der Waals surface area contributed by atoms with Gasteiger partial charge in [0.25, 0.3) is 0 Å². The maximum atomic E-state index is 11.8. The normalized spacial score (nSPS) is 19.8. The van der Waals surface area contributed by atoms with Crippen molar-refractivity contribution in [2.24, 2.45) is 0 Å². The Labute approximate surface area is 113 Å². The molecule has 0 bridgehead atoms. The zero-order valence-corrected chi connectivity index (χ0v) is 11.2. The lowest BCUT2D eigenvalue weighted by atomic mass is 10.1. The minimum atomic E-state index is 0.0202. The predicted octanol–water partition coefficient (Wildman–Crippen LogP) is 1.92. The molecule has 1 aliphatic rings. The molecule has 1 saturated heterocycles. The van der Waals surface area contributed by atoms with Gasteiger partial charge in [-0.3, -0.25) is 9.59 Å². The summed E-state index contributed by atoms with van der Waals surface area (Å²) in [4.78, 5) is 22.9. The van der Waals surface area contributed by atoms with E-state index in [4.69, 9.17) is 0 Å². The Balaban J connectivity index is 1.74. The number of carbonyl (C=O) groups excluding carboxylic acids is 2. The summed E-state index contributed by atoms with van der Waals surface area (Å²) in [5.74, 6) is 0.139. The number of amides is 2. The first-order valence-electron chi connectivity index (χ1n) is 6.79. The molecule has 4 nitrogen and oxygen atoms in total. The predicted molar refractivity (Wildman–Crippen MR) is 73.4 cm³/mol. The van der Waals surface area contributed by atoms with Crippen LogP contribution in [0.4, 0.5) is 0 Å². The average Bonchev–Trinajstić information content (AvgIpc) is 2.83. The van der Waals surface area contributed by atoms with Gasteiger partial charge in [0, 0.05) is 18.9 Å². The Hall–Kier alpha value is -1.84. The summed E-state index contributed by atoms with van der Waals surface area (Å²) >= 11 is 0. The largest absolute Gasteiger partial charge is 0.353 e. The molecule has 4 heteroatoms. The molecule has 19 heavy (non-hydrogen) atoms. The molecule has 2 N–H and O–H groups in total. The first-order chi connectivity index (χ1) is 9.15. The van der Waals surface area contributed by atoms with E-state index in [2.05, 4.69) is 10.6 Å². The van der Waals surface area contributed by atoms with Gasteiger partial charge < -0.3 is 10.6 Å². The highest BCUT2D eigenvalue weighted by atomic mass is 16.2. The Morgan fingerprint density at radius 3 is 2.79 bits per heavy atom. The van der Waals surface area contributed by atoms with Gasteiger partial charge in [0.05, 0.1) is 6.04 Å². The molecule has 102 valence electrons. The highest BCUT2D eigenvalue weighted by Gasteiger charge is 2.21. The molecule has 2 atom stereocenters. The van der Waals surface area contributed by atoms with Crippen molar-refractivity contribution < 1.29 is 9.59 Å². The summed E-state index contributed by atoms with van der Waals surface area (Å²) in [6.07, 6.45) is 2.62. The van der Waals surface area contributed by atoms with E-state index in [1.807, 2.05) is 37.3 Å². The Kier molecular flexibility index (Phi) is 4.55. The van der Waals surface area contributed by atoms with Gasteiger partial charge in [-0.05, 0) is 25.3 Å². The first kappa shape index (κ1) is 13.6. The molecule has 0 spiro atoms. The standard InChI is InChI=1S/C15H20N2O2/c1-11(12-5-3-2-4-6-12)16-14(18)9-7-13-8-10-15(19)17-13/h2-6,11,13H,7-10H2,1H3,(H,16,18)(H,17,19)/t11-,13?/m0/s1. The second-order valence-electron chi connectivity index (χ2n) is 5.04. The molecular formula is C15H20N2O2. The van der Waals surface area contributed by atoms with Crippen LogP contribution in [0.15, 0.2) is 30.3 Å². The van der Waals surface area contributed by atoms with Crippen LogP contribution < -0.4 is 10.6 Å². The van der Waals surface area contributed by atoms with E-state index in [0.717, 1.165) is 18.4 Å². The van der Waals surface area contributed by atoms with Gasteiger partial charge in [-0.25, -0.2) is 0 Å². The van der Waals surface area contributed by atoms with Crippen LogP contribution in [-0.4, -0.2) is 17.9 Å². The van der Waals surface area contributed by atoms with Crippen LogP contribution in [0.2, 0.25) is 0 Å². The number of carbonyl (C=O) groups is 2. The lowest BCUT2D eigenvalue weighted by Gasteiger charge is -2.15. The fourth-order valence-corrected chi connectivity index (χ4v) is 2.34. The molecular weight excluding hydrogens is 240 g/mol. The van der Waals surface area contributed by atoms with Crippen molar-refractivity contribution in [1.82, 2.24) is 10.6 Å². The second kappa shape index (κ2) is 6.36. The quantitative estimate of drug-likeness (QED) is 0.849. The van der Waals surface area contributed by atoms with Crippen LogP contribution in [0.25, 0.3) is 0 Å². The van der Waals surface area contributed by atoms with Gasteiger partial charge in [0.1, 0.15) is 0 Å². The van der Waals surface area contributed by atoms with Gasteiger partial charge >= 0.3 is 0 Å². The fourth-order valence-electron chi connectivity index (χ4n) is 2.34. The summed E-state index contributed by atoms with van der Waals surface area (Å²) in [6, 6.07) is 10.1. The minimum absolute atomic E-state index is 0.0202. The van der Waals surface area contributed by atoms with Crippen molar-refractivity contribution in [3.8, 4) is 0 Å². The van der Waals surface area contributed by atoms with Crippen molar-refractivity contribution in [1.29, 1.82) is 0 Å². The lowest BCUT2D eigenvalue weighted by Crippen LogP contribution is -2.30. The second-order valence-corrected chi connectivity index (χ2v) is 5.04. The molecule has 0 aliphatic carbocycles. The van der Waals surface area contributed by atoms with E-state index in [1.165, 1.54) is 0 Å². The number of nitrogens with one attached hydrogen (secondary N) is 2. The van der Waals surface area contributed by atoms with E-state index in [-0.39, 0.29) is 23.9 Å². The third-order valence-electron chi connectivity index (χ3n) is 3.48. The maximum Gasteiger partial charge on any atom is 0.220 e. The highest BCUT2D eigenvalue weighted by molar-refractivity contribution is 5.79. The molecule has 1 heterocycles. The smallest absolute Gasteiger partial charge is 0.220 e. The first-order valence-corrected chi connectivity index (χ1v) is 6.79. The van der Waals surface area contributed by atoms with Gasteiger partial charge in [-0.15, -0.1) is 0 Å². The monoisotopic (exact) mass is 260 g/mol. The maximum absolute atomic E-state index is 11.8. The molecule has 1 aromatic rings. The summed E-state index contributed by atoms with van der Waals surface area (Å²) in [7, 11) is 0. The van der Waals surface area contributed by atoms with E-state index < -0.39 is 0 Å². The van der Waals surface area contributed by atoms with Gasteiger partial charge in [0.2, 0.25) is 11.8 Å². The van der Waals surface area contributed by atoms with Crippen LogP contribution in [0.5, 0.6) is 0 Å². The summed E-state index contributed by atoms with van der Waals surface area (Å²) < 4.78 is 0. The van der Waals surface area contributed by atoms with Gasteiger partial charge in [-0.1, -0.05) is 30.3 Å². The molecule has 1 aliphatic heterocycles. The number of rotatable bonds is 5. The number of hydrogen-bond acceptors (Lipinski definition) is 2. The molecule has 0 radical (unpaired) electrons. The zero-order chi connectivity index (χ0) is 13.7. The fraction of sp³-hybridized carbons (Fsp3) is 0.467. The van der Waals surface area contributed by atoms with E-state index in [1.54, 1.807) is 0 Å². The third kappa shape index (κ3) is 4.09. The number of benzene rings is 1. The summed E-state index contributed by atoms with van der Waals surface area (Å²) in [6.45, 7) is 1.98. The molecule has 2 rings (SSSR count). The van der Waals surface area contributed by atoms with Crippen LogP contribution >= 0.6 is 0 Å². The topological polar surface area (TPSA) is 58.2 Å². The average molecular weight is 260 g/mol. The molecule has 0 aromatic heterocycles. The molecule has 1 fully saturated rings. The van der Waals surface area contributed by atoms with Gasteiger partial charge in [0.15, 0.2) is 0 Å². The van der Waals surface area contributed by atoms with Crippen molar-refractivity contribution in [3.63, 3.8) is 0 Å². The van der Waals surface area contributed by atoms with E-state index in [0.29, 0.717) is 12.8 Å². The summed E-state index contributed by atoms with van der Waals surface area (Å²) in [5.41, 5.74) is 1.10. The van der Waals surface area contributed by atoms with E-state index >= 15 is 0 Å². The van der Waals surface area contributed by atoms with Crippen molar-refractivity contribution in [3.05, 3.63) is 35.9 Å². The Bertz CT molecular complexity index is 445. The minimum Gasteiger partial charge on any atom is -0.353 e. The SMILES string of the molecule is C[C@H](NC(=O)CCC1CCC(=O)N1)c1ccccc1. The van der Waals surface area contributed by atoms with Crippen molar-refractivity contribution in [2.45, 2.75) is 44.7 Å². The Morgan fingerprint density at radius 2 is 2.16 bits per heavy atom. The van der Waals surface area contributed by atoms with Crippen molar-refractivity contribution in [2.75, 3.05) is 0 Å². The third-order valence-corrected chi connectivity index (χ3v) is 3.48. The summed E-state index contributed by atoms with van der Waals surface area (Å²) in [5, 5.41) is 5.85. The van der Waals surface area contributed by atoms with Crippen LogP contribution in [-0.2, 0) is 9.59 Å². The van der Waals surface area contributed by atoms with Crippen LogP contribution in [0.3, 0.4) is 0 Å². The van der Waals surface area contributed by atoms with Crippen molar-refractivity contribution >= 4 is 11.8 Å². The Morgan fingerprint density at radius 1 is 1.42 bits per heavy atom. The van der Waals surface area contributed by atoms with E-state index in [9.17, 15) is 9.59 Å². The lowest BCUT2D eigenvalue weighted by molar-refractivity contribution is -0.122. The van der Waals surface area contributed by atoms with Crippen LogP contribution in [0.1, 0.15) is 44.2 Å². The molecule has 1 aromatic carbocycles. The zero-order valence-electron chi connectivity index (χ0n) is 11.2.